The van der Waals surface area contributed by atoms with Gasteiger partial charge in [0.15, 0.2) is 0 Å². The van der Waals surface area contributed by atoms with E-state index in [0.717, 1.165) is 19.3 Å². The van der Waals surface area contributed by atoms with Crippen molar-refractivity contribution < 1.29 is 9.84 Å². The lowest BCUT2D eigenvalue weighted by atomic mass is 9.74. The van der Waals surface area contributed by atoms with Crippen LogP contribution in [0.2, 0.25) is 0 Å². The number of aliphatic hydroxyl groups excluding tert-OH is 1. The second-order valence-electron chi connectivity index (χ2n) is 4.49. The van der Waals surface area contributed by atoms with Crippen LogP contribution in [0.1, 0.15) is 39.5 Å². The molecule has 0 radical (unpaired) electrons. The number of hydrogen-bond donors (Lipinski definition) is 1. The third-order valence-corrected chi connectivity index (χ3v) is 3.57. The summed E-state index contributed by atoms with van der Waals surface area (Å²) in [4.78, 5) is 0. The van der Waals surface area contributed by atoms with Crippen molar-refractivity contribution in [3.05, 3.63) is 0 Å². The van der Waals surface area contributed by atoms with E-state index in [9.17, 15) is 5.11 Å². The normalized spacial score (nSPS) is 53.8. The molecule has 1 aliphatic carbocycles. The average Bonchev–Trinajstić information content (AvgIpc) is 2.27. The second-order valence-corrected chi connectivity index (χ2v) is 4.49. The molecule has 0 bridgehead atoms. The van der Waals surface area contributed by atoms with Gasteiger partial charge < -0.3 is 9.84 Å². The zero-order valence-electron chi connectivity index (χ0n) is 7.92. The molecule has 4 unspecified atom stereocenters. The molecule has 2 nitrogen and oxygen atoms in total. The molecule has 2 heteroatoms. The van der Waals surface area contributed by atoms with E-state index in [0.29, 0.717) is 12.0 Å². The number of rotatable bonds is 0. The van der Waals surface area contributed by atoms with Gasteiger partial charge in [-0.05, 0) is 39.0 Å². The fourth-order valence-electron chi connectivity index (χ4n) is 2.81. The maximum Gasteiger partial charge on any atom is 0.0944 e. The Morgan fingerprint density at radius 3 is 2.83 bits per heavy atom. The van der Waals surface area contributed by atoms with Gasteiger partial charge in [-0.2, -0.15) is 0 Å². The Balaban J connectivity index is 2.18. The Morgan fingerprint density at radius 1 is 1.42 bits per heavy atom. The van der Waals surface area contributed by atoms with Crippen LogP contribution >= 0.6 is 0 Å². The predicted molar refractivity (Wildman–Crippen MR) is 46.9 cm³/mol. The molecular weight excluding hydrogens is 152 g/mol. The van der Waals surface area contributed by atoms with Gasteiger partial charge in [0.1, 0.15) is 0 Å². The van der Waals surface area contributed by atoms with Gasteiger partial charge in [0, 0.05) is 0 Å². The van der Waals surface area contributed by atoms with Crippen molar-refractivity contribution in [2.24, 2.45) is 5.92 Å². The summed E-state index contributed by atoms with van der Waals surface area (Å²) in [6, 6.07) is 0. The number of ether oxygens (including phenoxy) is 1. The number of fused-ring (bicyclic) bond motifs is 1. The van der Waals surface area contributed by atoms with E-state index in [1.54, 1.807) is 0 Å². The maximum atomic E-state index is 9.83. The zero-order chi connectivity index (χ0) is 8.77. The Morgan fingerprint density at radius 2 is 2.17 bits per heavy atom. The average molecular weight is 170 g/mol. The molecule has 4 atom stereocenters. The Labute approximate surface area is 73.9 Å². The van der Waals surface area contributed by atoms with Crippen molar-refractivity contribution in [3.8, 4) is 0 Å². The number of aliphatic hydroxyl groups is 1. The summed E-state index contributed by atoms with van der Waals surface area (Å²) in [5, 5.41) is 9.83. The van der Waals surface area contributed by atoms with Crippen molar-refractivity contribution in [2.45, 2.75) is 57.3 Å². The van der Waals surface area contributed by atoms with Crippen LogP contribution in [0.15, 0.2) is 0 Å². The van der Waals surface area contributed by atoms with Gasteiger partial charge >= 0.3 is 0 Å². The van der Waals surface area contributed by atoms with Crippen molar-refractivity contribution in [1.29, 1.82) is 0 Å². The highest BCUT2D eigenvalue weighted by atomic mass is 16.5. The van der Waals surface area contributed by atoms with E-state index in [1.807, 2.05) is 0 Å². The van der Waals surface area contributed by atoms with Gasteiger partial charge in [-0.15, -0.1) is 0 Å². The first-order valence-electron chi connectivity index (χ1n) is 4.99. The molecule has 2 fully saturated rings. The molecule has 2 rings (SSSR count). The Hall–Kier alpha value is -0.0800. The van der Waals surface area contributed by atoms with Gasteiger partial charge in [-0.3, -0.25) is 0 Å². The van der Waals surface area contributed by atoms with Crippen molar-refractivity contribution in [1.82, 2.24) is 0 Å². The van der Waals surface area contributed by atoms with Crippen LogP contribution in [0.5, 0.6) is 0 Å². The van der Waals surface area contributed by atoms with Crippen LogP contribution in [0.25, 0.3) is 0 Å². The second kappa shape index (κ2) is 2.71. The van der Waals surface area contributed by atoms with E-state index >= 15 is 0 Å². The van der Waals surface area contributed by atoms with E-state index in [-0.39, 0.29) is 11.7 Å². The van der Waals surface area contributed by atoms with Gasteiger partial charge in [-0.25, -0.2) is 0 Å². The minimum absolute atomic E-state index is 0.225. The van der Waals surface area contributed by atoms with Gasteiger partial charge in [0.25, 0.3) is 0 Å². The van der Waals surface area contributed by atoms with Crippen LogP contribution in [0, 0.1) is 5.92 Å². The molecular formula is C10H18O2. The third-order valence-electron chi connectivity index (χ3n) is 3.57. The van der Waals surface area contributed by atoms with E-state index < -0.39 is 0 Å². The molecule has 0 aromatic carbocycles. The maximum absolute atomic E-state index is 9.83. The third kappa shape index (κ3) is 1.09. The highest BCUT2D eigenvalue weighted by molar-refractivity contribution is 4.99. The SMILES string of the molecule is CC1CC2CCCC(O)C2(C)O1. The van der Waals surface area contributed by atoms with Crippen molar-refractivity contribution >= 4 is 0 Å². The molecule has 0 amide bonds. The quantitative estimate of drug-likeness (QED) is 0.599. The molecule has 2 aliphatic rings. The molecule has 1 saturated heterocycles. The fraction of sp³-hybridized carbons (Fsp3) is 1.00. The first-order valence-corrected chi connectivity index (χ1v) is 4.99. The first kappa shape index (κ1) is 8.52. The lowest BCUT2D eigenvalue weighted by Crippen LogP contribution is -2.47. The molecule has 0 spiro atoms. The van der Waals surface area contributed by atoms with E-state index in [2.05, 4.69) is 13.8 Å². The summed E-state index contributed by atoms with van der Waals surface area (Å²) >= 11 is 0. The van der Waals surface area contributed by atoms with Crippen LogP contribution < -0.4 is 0 Å². The topological polar surface area (TPSA) is 29.5 Å². The Bertz CT molecular complexity index is 181. The van der Waals surface area contributed by atoms with Gasteiger partial charge in [0.2, 0.25) is 0 Å². The molecule has 0 aromatic heterocycles. The minimum atomic E-state index is -0.235. The highest BCUT2D eigenvalue weighted by Crippen LogP contribution is 2.45. The van der Waals surface area contributed by atoms with Crippen LogP contribution in [0.4, 0.5) is 0 Å². The first-order chi connectivity index (χ1) is 5.63. The zero-order valence-corrected chi connectivity index (χ0v) is 7.92. The summed E-state index contributed by atoms with van der Waals surface area (Å²) in [6.07, 6.45) is 4.55. The molecule has 1 saturated carbocycles. The molecule has 0 aromatic rings. The Kier molecular flexibility index (Phi) is 1.92. The summed E-state index contributed by atoms with van der Waals surface area (Å²) in [6.45, 7) is 4.18. The standard InChI is InChI=1S/C10H18O2/c1-7-6-8-4-3-5-9(11)10(8,2)12-7/h7-9,11H,3-6H2,1-2H3. The smallest absolute Gasteiger partial charge is 0.0944 e. The lowest BCUT2D eigenvalue weighted by molar-refractivity contribution is -0.133. The van der Waals surface area contributed by atoms with Crippen LogP contribution in [-0.4, -0.2) is 22.9 Å². The van der Waals surface area contributed by atoms with Crippen LogP contribution in [-0.2, 0) is 4.74 Å². The summed E-state index contributed by atoms with van der Waals surface area (Å²) in [7, 11) is 0. The molecule has 12 heavy (non-hydrogen) atoms. The van der Waals surface area contributed by atoms with Gasteiger partial charge in [0.05, 0.1) is 17.8 Å². The summed E-state index contributed by atoms with van der Waals surface area (Å²) in [5.41, 5.74) is -0.225. The van der Waals surface area contributed by atoms with Crippen molar-refractivity contribution in [2.75, 3.05) is 0 Å². The highest BCUT2D eigenvalue weighted by Gasteiger charge is 2.49. The van der Waals surface area contributed by atoms with E-state index in [1.165, 1.54) is 6.42 Å². The lowest BCUT2D eigenvalue weighted by Gasteiger charge is -2.39. The summed E-state index contributed by atoms with van der Waals surface area (Å²) < 4.78 is 5.81. The monoisotopic (exact) mass is 170 g/mol. The van der Waals surface area contributed by atoms with Crippen molar-refractivity contribution in [3.63, 3.8) is 0 Å². The fourth-order valence-corrected chi connectivity index (χ4v) is 2.81. The molecule has 1 aliphatic heterocycles. The molecule has 1 N–H and O–H groups in total. The van der Waals surface area contributed by atoms with Gasteiger partial charge in [-0.1, -0.05) is 6.42 Å². The molecule has 1 heterocycles. The molecule has 70 valence electrons. The predicted octanol–water partition coefficient (Wildman–Crippen LogP) is 1.71. The van der Waals surface area contributed by atoms with Crippen LogP contribution in [0.3, 0.4) is 0 Å². The minimum Gasteiger partial charge on any atom is -0.390 e. The summed E-state index contributed by atoms with van der Waals surface area (Å²) in [5.74, 6) is 0.594. The largest absolute Gasteiger partial charge is 0.390 e. The van der Waals surface area contributed by atoms with E-state index in [4.69, 9.17) is 4.74 Å². The number of hydrogen-bond acceptors (Lipinski definition) is 2.